The lowest BCUT2D eigenvalue weighted by Crippen LogP contribution is -2.81. The zero-order valence-corrected chi connectivity index (χ0v) is 37.0. The van der Waals surface area contributed by atoms with E-state index in [2.05, 4.69) is 9.88 Å². The molecule has 346 valence electrons. The third kappa shape index (κ3) is 5.97. The molecule has 6 heterocycles. The number of hydrogen-bond donors (Lipinski definition) is 2. The van der Waals surface area contributed by atoms with Crippen LogP contribution in [0, 0.1) is 17.3 Å². The molecule has 2 saturated heterocycles. The summed E-state index contributed by atoms with van der Waals surface area (Å²) >= 11 is 0. The van der Waals surface area contributed by atoms with Crippen molar-refractivity contribution in [3.63, 3.8) is 0 Å². The van der Waals surface area contributed by atoms with Crippen LogP contribution in [0.25, 0.3) is 10.9 Å². The first-order chi connectivity index (χ1) is 30.2. The van der Waals surface area contributed by atoms with Crippen molar-refractivity contribution >= 4 is 34.5 Å². The minimum absolute atomic E-state index is 0.0562. The molecule has 3 fully saturated rings. The van der Waals surface area contributed by atoms with Crippen molar-refractivity contribution in [2.24, 2.45) is 17.3 Å². The Morgan fingerprint density at radius 1 is 0.969 bits per heavy atom. The van der Waals surface area contributed by atoms with E-state index < -0.39 is 87.4 Å². The summed E-state index contributed by atoms with van der Waals surface area (Å²) in [6.07, 6.45) is -1.32. The Morgan fingerprint density at radius 2 is 1.70 bits per heavy atom. The van der Waals surface area contributed by atoms with E-state index in [9.17, 15) is 27.9 Å². The molecule has 12 nitrogen and oxygen atoms in total. The quantitative estimate of drug-likeness (QED) is 0.123. The fourth-order valence-electron chi connectivity index (χ4n) is 13.7. The summed E-state index contributed by atoms with van der Waals surface area (Å²) in [5.74, 6) is -6.94. The molecule has 1 saturated carbocycles. The number of aliphatic hydroxyl groups is 1. The topological polar surface area (TPSA) is 134 Å². The summed E-state index contributed by atoms with van der Waals surface area (Å²) in [5.41, 5.74) is -4.88. The standard InChI is InChI=1S/C47H55F5N4O8/c1-8-43-13-9-15-56-17-14-44(37(43)56)31-20-32(35(61-5)21-34(31)54(4)38(44)46(60,41(59)63-7)39(43)64-25(2)57)45(40(58)62-6)22-26-18-28(42(3,48)49)24-55(23-26)16-12-29-30-19-27(47(50,51)52)10-11-33(30)53-36(29)45/h9-11,13,19-21,26,28,37-39,53,60H,8,12,14-18,22-24H2,1-7H3/t26-,28+,37-,38+,39+,43+,44+,45-,46-/m0/s1. The van der Waals surface area contributed by atoms with E-state index in [4.69, 9.17) is 18.9 Å². The maximum Gasteiger partial charge on any atom is 0.416 e. The van der Waals surface area contributed by atoms with E-state index in [0.717, 1.165) is 19.1 Å². The van der Waals surface area contributed by atoms with Gasteiger partial charge in [0.05, 0.1) is 32.9 Å². The van der Waals surface area contributed by atoms with Gasteiger partial charge in [-0.2, -0.15) is 13.2 Å². The molecule has 1 aromatic heterocycles. The highest BCUT2D eigenvalue weighted by Gasteiger charge is 2.80. The Bertz CT molecular complexity index is 2450. The van der Waals surface area contributed by atoms with Gasteiger partial charge in [-0.1, -0.05) is 19.1 Å². The molecule has 0 radical (unpaired) electrons. The van der Waals surface area contributed by atoms with Gasteiger partial charge in [0.25, 0.3) is 0 Å². The number of carbonyl (C=O) groups excluding carboxylic acids is 3. The van der Waals surface area contributed by atoms with Crippen LogP contribution in [0.2, 0.25) is 0 Å². The number of likely N-dealkylation sites (N-methyl/N-ethyl adjacent to an activating group) is 1. The highest BCUT2D eigenvalue weighted by molar-refractivity contribution is 5.95. The lowest BCUT2D eigenvalue weighted by Gasteiger charge is -2.63. The lowest BCUT2D eigenvalue weighted by molar-refractivity contribution is -0.228. The Balaban J connectivity index is 1.37. The van der Waals surface area contributed by atoms with Crippen molar-refractivity contribution < 1.29 is 60.4 Å². The fourth-order valence-corrected chi connectivity index (χ4v) is 13.7. The number of nitrogens with zero attached hydrogens (tertiary/aromatic N) is 3. The largest absolute Gasteiger partial charge is 0.496 e. The van der Waals surface area contributed by atoms with E-state index in [1.807, 2.05) is 30.0 Å². The number of ether oxygens (including phenoxy) is 4. The molecule has 2 N–H and O–H groups in total. The van der Waals surface area contributed by atoms with Crippen LogP contribution in [0.5, 0.6) is 5.75 Å². The number of carbonyl (C=O) groups is 3. The fraction of sp³-hybridized carbons (Fsp3) is 0.596. The highest BCUT2D eigenvalue weighted by atomic mass is 19.4. The number of halogens is 5. The molecule has 17 heteroatoms. The third-order valence-corrected chi connectivity index (χ3v) is 16.0. The summed E-state index contributed by atoms with van der Waals surface area (Å²) in [7, 11) is 5.56. The predicted octanol–water partition coefficient (Wildman–Crippen LogP) is 6.14. The number of H-pyrrole nitrogens is 1. The van der Waals surface area contributed by atoms with Crippen molar-refractivity contribution in [3.05, 3.63) is 70.4 Å². The molecule has 1 aliphatic carbocycles. The zero-order chi connectivity index (χ0) is 46.1. The maximum atomic E-state index is 15.4. The van der Waals surface area contributed by atoms with Gasteiger partial charge in [-0.05, 0) is 86.9 Å². The first-order valence-corrected chi connectivity index (χ1v) is 21.9. The summed E-state index contributed by atoms with van der Waals surface area (Å²) < 4.78 is 97.4. The van der Waals surface area contributed by atoms with Gasteiger partial charge in [-0.15, -0.1) is 0 Å². The van der Waals surface area contributed by atoms with Crippen LogP contribution < -0.4 is 9.64 Å². The Kier molecular flexibility index (Phi) is 10.3. The minimum Gasteiger partial charge on any atom is -0.496 e. The maximum absolute atomic E-state index is 15.4. The van der Waals surface area contributed by atoms with Crippen LogP contribution in [-0.4, -0.2) is 129 Å². The molecule has 1 unspecified atom stereocenters. The SMILES string of the molecule is CC[C@]12C=CCN3CC[C@@]4(c5cc([C@@]6(C(=O)OC)C[C@@H]7C[C@@H](C(C)(F)F)CN(CCc8c6[nH]c6ccc(C(F)(F)F)cc86)C7)c(OC)cc5N(C)[C@H]4[C@@](O)(C(=O)OC)[C@@H]1OC(C)=O)[C@@H]32. The Hall–Kier alpha value is -4.74. The molecule has 3 aromatic rings. The monoisotopic (exact) mass is 898 g/mol. The number of rotatable bonds is 7. The van der Waals surface area contributed by atoms with E-state index in [1.165, 1.54) is 34.3 Å². The van der Waals surface area contributed by atoms with Crippen molar-refractivity contribution in [1.29, 1.82) is 0 Å². The number of alkyl halides is 5. The zero-order valence-electron chi connectivity index (χ0n) is 37.0. The molecule has 1 spiro atoms. The van der Waals surface area contributed by atoms with Gasteiger partial charge in [0.2, 0.25) is 11.5 Å². The highest BCUT2D eigenvalue weighted by Crippen LogP contribution is 2.68. The molecule has 2 aromatic carbocycles. The smallest absolute Gasteiger partial charge is 0.416 e. The van der Waals surface area contributed by atoms with E-state index in [-0.39, 0.29) is 49.2 Å². The van der Waals surface area contributed by atoms with Crippen molar-refractivity contribution in [1.82, 2.24) is 14.8 Å². The second-order valence-corrected chi connectivity index (χ2v) is 19.0. The third-order valence-electron chi connectivity index (χ3n) is 16.0. The lowest BCUT2D eigenvalue weighted by atomic mass is 9.47. The second-order valence-electron chi connectivity index (χ2n) is 19.0. The van der Waals surface area contributed by atoms with Crippen molar-refractivity contribution in [2.75, 3.05) is 66.0 Å². The first kappa shape index (κ1) is 44.5. The molecule has 0 amide bonds. The van der Waals surface area contributed by atoms with Crippen LogP contribution >= 0.6 is 0 Å². The number of piperidine rings is 1. The van der Waals surface area contributed by atoms with E-state index in [1.54, 1.807) is 18.0 Å². The van der Waals surface area contributed by atoms with Gasteiger partial charge in [0.15, 0.2) is 6.10 Å². The number of fused-ring (bicyclic) bond motifs is 6. The van der Waals surface area contributed by atoms with Crippen LogP contribution in [0.1, 0.15) is 74.4 Å². The minimum atomic E-state index is -4.68. The van der Waals surface area contributed by atoms with Crippen LogP contribution in [0.15, 0.2) is 42.5 Å². The molecule has 2 bridgehead atoms. The number of benzene rings is 2. The number of methoxy groups -OCH3 is 3. The number of aromatic amines is 1. The molecule has 64 heavy (non-hydrogen) atoms. The van der Waals surface area contributed by atoms with Crippen LogP contribution in [-0.2, 0) is 52.0 Å². The average Bonchev–Trinajstić information content (AvgIpc) is 3.91. The number of esters is 3. The van der Waals surface area contributed by atoms with Crippen LogP contribution in [0.3, 0.4) is 0 Å². The molecular weight excluding hydrogens is 844 g/mol. The molecule has 9 rings (SSSR count). The second kappa shape index (κ2) is 14.9. The van der Waals surface area contributed by atoms with Gasteiger partial charge < -0.3 is 38.8 Å². The van der Waals surface area contributed by atoms with E-state index >= 15 is 13.6 Å². The number of nitrogens with one attached hydrogen (secondary N) is 1. The molecular formula is C47H55F5N4O8. The average molecular weight is 899 g/mol. The summed E-state index contributed by atoms with van der Waals surface area (Å²) in [5, 5.41) is 13.6. The van der Waals surface area contributed by atoms with Gasteiger partial charge in [-0.25, -0.2) is 13.6 Å². The summed E-state index contributed by atoms with van der Waals surface area (Å²) in [6.45, 7) is 5.74. The Morgan fingerprint density at radius 3 is 2.34 bits per heavy atom. The first-order valence-electron chi connectivity index (χ1n) is 21.9. The summed E-state index contributed by atoms with van der Waals surface area (Å²) in [4.78, 5) is 52.1. The van der Waals surface area contributed by atoms with Crippen LogP contribution in [0.4, 0.5) is 27.6 Å². The summed E-state index contributed by atoms with van der Waals surface area (Å²) in [6, 6.07) is 5.42. The van der Waals surface area contributed by atoms with Gasteiger partial charge >= 0.3 is 24.1 Å². The predicted molar refractivity (Wildman–Crippen MR) is 224 cm³/mol. The number of hydrogen-bond acceptors (Lipinski definition) is 11. The Labute approximate surface area is 368 Å². The van der Waals surface area contributed by atoms with Crippen molar-refractivity contribution in [3.8, 4) is 5.75 Å². The molecule has 5 aliphatic heterocycles. The molecule has 10 atom stereocenters. The van der Waals surface area contributed by atoms with E-state index in [0.29, 0.717) is 60.4 Å². The normalized spacial score (nSPS) is 34.4. The van der Waals surface area contributed by atoms with Gasteiger partial charge in [-0.3, -0.25) is 14.5 Å². The van der Waals surface area contributed by atoms with Gasteiger partial charge in [0, 0.05) is 96.9 Å². The number of aromatic nitrogens is 1. The number of anilines is 1. The van der Waals surface area contributed by atoms with Crippen molar-refractivity contribution in [2.45, 2.75) is 99.6 Å². The molecule has 6 aliphatic rings. The van der Waals surface area contributed by atoms with Gasteiger partial charge in [0.1, 0.15) is 11.2 Å².